The minimum atomic E-state index is -0.562. The first-order valence-corrected chi connectivity index (χ1v) is 11.2. The fourth-order valence-corrected chi connectivity index (χ4v) is 4.14. The van der Waals surface area contributed by atoms with E-state index in [0.717, 1.165) is 11.4 Å². The summed E-state index contributed by atoms with van der Waals surface area (Å²) in [6.07, 6.45) is 0. The van der Waals surface area contributed by atoms with Crippen molar-refractivity contribution in [2.24, 2.45) is 5.73 Å². The molecular weight excluding hydrogens is 457 g/mol. The van der Waals surface area contributed by atoms with Crippen LogP contribution in [0.3, 0.4) is 0 Å². The van der Waals surface area contributed by atoms with Crippen LogP contribution in [0.5, 0.6) is 0 Å². The SMILES string of the molecule is Cc1cc(C)nc(SCc2c(C(=O)Nc3ccc(C(N)=O)cc3)nnn2-c2ccc(F)cc2)n1. The number of halogens is 1. The Balaban J connectivity index is 1.64. The number of aromatic nitrogens is 5. The fraction of sp³-hybridized carbons (Fsp3) is 0.130. The van der Waals surface area contributed by atoms with Crippen LogP contribution in [-0.4, -0.2) is 36.8 Å². The highest BCUT2D eigenvalue weighted by Crippen LogP contribution is 2.24. The first-order chi connectivity index (χ1) is 16.3. The molecule has 4 rings (SSSR count). The van der Waals surface area contributed by atoms with Gasteiger partial charge in [-0.3, -0.25) is 9.59 Å². The average molecular weight is 478 g/mol. The lowest BCUT2D eigenvalue weighted by atomic mass is 10.2. The monoisotopic (exact) mass is 477 g/mol. The number of nitrogens with one attached hydrogen (secondary N) is 1. The number of hydrogen-bond donors (Lipinski definition) is 2. The number of primary amides is 1. The van der Waals surface area contributed by atoms with Crippen LogP contribution in [-0.2, 0) is 5.75 Å². The van der Waals surface area contributed by atoms with Crippen molar-refractivity contribution in [2.75, 3.05) is 5.32 Å². The molecular formula is C23H20FN7O2S. The maximum Gasteiger partial charge on any atom is 0.278 e. The van der Waals surface area contributed by atoms with Crippen LogP contribution in [0.25, 0.3) is 5.69 Å². The molecule has 0 aliphatic carbocycles. The molecule has 0 aliphatic rings. The van der Waals surface area contributed by atoms with Gasteiger partial charge in [0.15, 0.2) is 10.9 Å². The molecule has 2 aromatic heterocycles. The van der Waals surface area contributed by atoms with Crippen molar-refractivity contribution >= 4 is 29.3 Å². The number of nitrogens with two attached hydrogens (primary N) is 1. The minimum absolute atomic E-state index is 0.0974. The highest BCUT2D eigenvalue weighted by molar-refractivity contribution is 7.98. The molecule has 11 heteroatoms. The molecule has 0 radical (unpaired) electrons. The van der Waals surface area contributed by atoms with E-state index >= 15 is 0 Å². The third-order valence-electron chi connectivity index (χ3n) is 4.78. The van der Waals surface area contributed by atoms with Gasteiger partial charge in [0.05, 0.1) is 11.4 Å². The third kappa shape index (κ3) is 5.26. The van der Waals surface area contributed by atoms with Crippen molar-refractivity contribution in [3.05, 3.63) is 88.8 Å². The van der Waals surface area contributed by atoms with E-state index in [1.165, 1.54) is 40.7 Å². The van der Waals surface area contributed by atoms with Crippen LogP contribution in [0.15, 0.2) is 59.8 Å². The number of hydrogen-bond acceptors (Lipinski definition) is 7. The molecule has 0 bridgehead atoms. The van der Waals surface area contributed by atoms with Gasteiger partial charge in [0.25, 0.3) is 5.91 Å². The molecule has 0 saturated heterocycles. The van der Waals surface area contributed by atoms with Gasteiger partial charge in [-0.1, -0.05) is 17.0 Å². The van der Waals surface area contributed by atoms with Crippen LogP contribution in [0.1, 0.15) is 37.9 Å². The lowest BCUT2D eigenvalue weighted by Gasteiger charge is -2.09. The molecule has 0 aliphatic heterocycles. The van der Waals surface area contributed by atoms with Crippen molar-refractivity contribution in [2.45, 2.75) is 24.8 Å². The highest BCUT2D eigenvalue weighted by Gasteiger charge is 2.22. The fourth-order valence-electron chi connectivity index (χ4n) is 3.20. The number of nitrogens with zero attached hydrogens (tertiary/aromatic N) is 5. The van der Waals surface area contributed by atoms with Crippen LogP contribution in [0.4, 0.5) is 10.1 Å². The molecule has 3 N–H and O–H groups in total. The molecule has 2 heterocycles. The van der Waals surface area contributed by atoms with E-state index in [1.807, 2.05) is 19.9 Å². The summed E-state index contributed by atoms with van der Waals surface area (Å²) in [7, 11) is 0. The van der Waals surface area contributed by atoms with Gasteiger partial charge in [-0.25, -0.2) is 19.0 Å². The Morgan fingerprint density at radius 1 is 1.03 bits per heavy atom. The average Bonchev–Trinajstić information content (AvgIpc) is 3.22. The second-order valence-corrected chi connectivity index (χ2v) is 8.33. The predicted octanol–water partition coefficient (Wildman–Crippen LogP) is 3.46. The van der Waals surface area contributed by atoms with Crippen LogP contribution in [0.2, 0.25) is 0 Å². The second kappa shape index (κ2) is 9.79. The minimum Gasteiger partial charge on any atom is -0.366 e. The van der Waals surface area contributed by atoms with E-state index in [0.29, 0.717) is 27.8 Å². The first-order valence-electron chi connectivity index (χ1n) is 10.2. The Morgan fingerprint density at radius 3 is 2.29 bits per heavy atom. The van der Waals surface area contributed by atoms with Gasteiger partial charge in [-0.2, -0.15) is 0 Å². The number of carbonyl (C=O) groups excluding carboxylic acids is 2. The van der Waals surface area contributed by atoms with E-state index in [2.05, 4.69) is 25.6 Å². The van der Waals surface area contributed by atoms with Gasteiger partial charge in [0, 0.05) is 28.4 Å². The van der Waals surface area contributed by atoms with Gasteiger partial charge < -0.3 is 11.1 Å². The summed E-state index contributed by atoms with van der Waals surface area (Å²) in [4.78, 5) is 33.2. The van der Waals surface area contributed by atoms with E-state index in [1.54, 1.807) is 24.3 Å². The zero-order chi connectivity index (χ0) is 24.2. The van der Waals surface area contributed by atoms with Gasteiger partial charge in [-0.15, -0.1) is 5.10 Å². The van der Waals surface area contributed by atoms with Crippen molar-refractivity contribution in [1.29, 1.82) is 0 Å². The molecule has 0 fully saturated rings. The smallest absolute Gasteiger partial charge is 0.278 e. The van der Waals surface area contributed by atoms with Crippen LogP contribution >= 0.6 is 11.8 Å². The van der Waals surface area contributed by atoms with E-state index in [9.17, 15) is 14.0 Å². The lowest BCUT2D eigenvalue weighted by molar-refractivity contribution is 0.0997. The number of carbonyl (C=O) groups is 2. The first kappa shape index (κ1) is 23.1. The molecule has 0 spiro atoms. The summed E-state index contributed by atoms with van der Waals surface area (Å²) in [5.74, 6) is -1.15. The number of benzene rings is 2. The van der Waals surface area contributed by atoms with Gasteiger partial charge in [0.1, 0.15) is 5.82 Å². The molecule has 4 aromatic rings. The number of rotatable bonds is 7. The molecule has 9 nitrogen and oxygen atoms in total. The largest absolute Gasteiger partial charge is 0.366 e. The highest BCUT2D eigenvalue weighted by atomic mass is 32.2. The standard InChI is InChI=1S/C23H20FN7O2S/c1-13-11-14(2)27-23(26-13)34-12-19-20(29-30-31(19)18-9-5-16(24)6-10-18)22(33)28-17-7-3-15(4-8-17)21(25)32/h3-11H,12H2,1-2H3,(H2,25,32)(H,28,33). The summed E-state index contributed by atoms with van der Waals surface area (Å²) in [5, 5.41) is 11.5. The van der Waals surface area contributed by atoms with E-state index in [-0.39, 0.29) is 17.3 Å². The predicted molar refractivity (Wildman–Crippen MR) is 125 cm³/mol. The zero-order valence-electron chi connectivity index (χ0n) is 18.3. The van der Waals surface area contributed by atoms with Crippen molar-refractivity contribution < 1.29 is 14.0 Å². The maximum atomic E-state index is 13.4. The number of thioether (sulfide) groups is 1. The quantitative estimate of drug-likeness (QED) is 0.308. The topological polar surface area (TPSA) is 129 Å². The molecule has 2 amide bonds. The Hall–Kier alpha value is -4.12. The van der Waals surface area contributed by atoms with Crippen molar-refractivity contribution in [3.63, 3.8) is 0 Å². The molecule has 0 unspecified atom stereocenters. The number of anilines is 1. The summed E-state index contributed by atoms with van der Waals surface area (Å²) in [6.45, 7) is 3.76. The number of aryl methyl sites for hydroxylation is 2. The maximum absolute atomic E-state index is 13.4. The Morgan fingerprint density at radius 2 is 1.68 bits per heavy atom. The van der Waals surface area contributed by atoms with Gasteiger partial charge in [-0.05, 0) is 68.4 Å². The van der Waals surface area contributed by atoms with Crippen molar-refractivity contribution in [3.8, 4) is 5.69 Å². The summed E-state index contributed by atoms with van der Waals surface area (Å²) < 4.78 is 14.9. The third-order valence-corrected chi connectivity index (χ3v) is 5.64. The van der Waals surface area contributed by atoms with Gasteiger partial charge in [0.2, 0.25) is 5.91 Å². The molecule has 34 heavy (non-hydrogen) atoms. The zero-order valence-corrected chi connectivity index (χ0v) is 19.1. The Kier molecular flexibility index (Phi) is 6.64. The number of amides is 2. The summed E-state index contributed by atoms with van der Waals surface area (Å²) >= 11 is 1.33. The van der Waals surface area contributed by atoms with Gasteiger partial charge >= 0.3 is 0 Å². The van der Waals surface area contributed by atoms with Crippen LogP contribution in [0, 0.1) is 19.7 Å². The summed E-state index contributed by atoms with van der Waals surface area (Å²) in [5.41, 5.74) is 8.85. The normalized spacial score (nSPS) is 10.8. The van der Waals surface area contributed by atoms with E-state index < -0.39 is 11.8 Å². The Labute approximate surface area is 198 Å². The molecule has 0 atom stereocenters. The van der Waals surface area contributed by atoms with Crippen molar-refractivity contribution in [1.82, 2.24) is 25.0 Å². The van der Waals surface area contributed by atoms with Crippen LogP contribution < -0.4 is 11.1 Å². The molecule has 0 saturated carbocycles. The second-order valence-electron chi connectivity index (χ2n) is 7.39. The lowest BCUT2D eigenvalue weighted by Crippen LogP contribution is -2.16. The Bertz CT molecular complexity index is 1330. The molecule has 2 aromatic carbocycles. The summed E-state index contributed by atoms with van der Waals surface area (Å²) in [6, 6.07) is 13.8. The van der Waals surface area contributed by atoms with E-state index in [4.69, 9.17) is 5.73 Å². The molecule has 172 valence electrons.